The van der Waals surface area contributed by atoms with Gasteiger partial charge in [-0.15, -0.1) is 11.3 Å². The maximum Gasteiger partial charge on any atom is 0.0925 e. The molecule has 14 heavy (non-hydrogen) atoms. The molecule has 1 aromatic heterocycles. The van der Waals surface area contributed by atoms with Crippen LogP contribution in [0.5, 0.6) is 0 Å². The fourth-order valence-electron chi connectivity index (χ4n) is 1.62. The van der Waals surface area contributed by atoms with Crippen LogP contribution in [-0.2, 0) is 6.42 Å². The normalized spacial score (nSPS) is 13.4. The van der Waals surface area contributed by atoms with Crippen molar-refractivity contribution in [2.24, 2.45) is 5.92 Å². The third kappa shape index (κ3) is 4.20. The maximum absolute atomic E-state index is 4.29. The van der Waals surface area contributed by atoms with Crippen LogP contribution < -0.4 is 5.32 Å². The zero-order chi connectivity index (χ0) is 10.4. The molecule has 0 spiro atoms. The number of aromatic nitrogens is 1. The number of nitrogens with one attached hydrogen (secondary N) is 1. The zero-order valence-corrected chi connectivity index (χ0v) is 10.1. The van der Waals surface area contributed by atoms with E-state index in [0.717, 1.165) is 12.3 Å². The summed E-state index contributed by atoms with van der Waals surface area (Å²) in [5.41, 5.74) is 0. The van der Waals surface area contributed by atoms with Crippen LogP contribution in [0.3, 0.4) is 0 Å². The van der Waals surface area contributed by atoms with Crippen LogP contribution in [0.25, 0.3) is 0 Å². The van der Waals surface area contributed by atoms with Gasteiger partial charge in [0.05, 0.1) is 5.01 Å². The molecule has 80 valence electrons. The number of rotatable bonds is 6. The van der Waals surface area contributed by atoms with Gasteiger partial charge in [0.15, 0.2) is 0 Å². The Kier molecular flexibility index (Phi) is 5.12. The molecule has 0 radical (unpaired) electrons. The second-order valence-electron chi connectivity index (χ2n) is 4.08. The van der Waals surface area contributed by atoms with Gasteiger partial charge in [0.2, 0.25) is 0 Å². The minimum Gasteiger partial charge on any atom is -0.317 e. The summed E-state index contributed by atoms with van der Waals surface area (Å²) < 4.78 is 0. The fourth-order valence-corrected chi connectivity index (χ4v) is 2.26. The van der Waals surface area contributed by atoms with Gasteiger partial charge in [0, 0.05) is 24.0 Å². The number of nitrogens with zero attached hydrogens (tertiary/aromatic N) is 1. The third-order valence-electron chi connectivity index (χ3n) is 2.35. The Morgan fingerprint density at radius 2 is 2.29 bits per heavy atom. The molecular formula is C11H20N2S. The molecule has 0 amide bonds. The van der Waals surface area contributed by atoms with Gasteiger partial charge < -0.3 is 5.32 Å². The van der Waals surface area contributed by atoms with Crippen molar-refractivity contribution in [2.45, 2.75) is 39.2 Å². The summed E-state index contributed by atoms with van der Waals surface area (Å²) in [5, 5.41) is 6.68. The average molecular weight is 212 g/mol. The highest BCUT2D eigenvalue weighted by molar-refractivity contribution is 7.09. The van der Waals surface area contributed by atoms with Gasteiger partial charge in [0.25, 0.3) is 0 Å². The molecule has 0 saturated heterocycles. The van der Waals surface area contributed by atoms with E-state index in [1.54, 1.807) is 11.3 Å². The van der Waals surface area contributed by atoms with Crippen molar-refractivity contribution in [1.29, 1.82) is 0 Å². The molecule has 1 atom stereocenters. The van der Waals surface area contributed by atoms with E-state index < -0.39 is 0 Å². The summed E-state index contributed by atoms with van der Waals surface area (Å²) >= 11 is 1.76. The molecule has 3 heteroatoms. The average Bonchev–Trinajstić information content (AvgIpc) is 2.64. The van der Waals surface area contributed by atoms with E-state index in [2.05, 4.69) is 31.2 Å². The Labute approximate surface area is 90.8 Å². The molecule has 0 saturated carbocycles. The molecule has 0 aliphatic carbocycles. The molecule has 0 aromatic carbocycles. The van der Waals surface area contributed by atoms with E-state index in [1.165, 1.54) is 17.8 Å². The molecule has 1 heterocycles. The first-order valence-electron chi connectivity index (χ1n) is 5.28. The van der Waals surface area contributed by atoms with Crippen LogP contribution in [0.15, 0.2) is 11.6 Å². The largest absolute Gasteiger partial charge is 0.317 e. The molecule has 0 fully saturated rings. The minimum atomic E-state index is 0.638. The van der Waals surface area contributed by atoms with Crippen molar-refractivity contribution < 1.29 is 0 Å². The van der Waals surface area contributed by atoms with Gasteiger partial charge in [-0.25, -0.2) is 4.98 Å². The van der Waals surface area contributed by atoms with Crippen LogP contribution in [0.2, 0.25) is 0 Å². The number of hydrogen-bond donors (Lipinski definition) is 1. The van der Waals surface area contributed by atoms with Crippen molar-refractivity contribution in [2.75, 3.05) is 7.05 Å². The van der Waals surface area contributed by atoms with Gasteiger partial charge in [-0.2, -0.15) is 0 Å². The van der Waals surface area contributed by atoms with E-state index in [1.807, 2.05) is 11.6 Å². The van der Waals surface area contributed by atoms with Crippen LogP contribution in [0, 0.1) is 5.92 Å². The van der Waals surface area contributed by atoms with E-state index >= 15 is 0 Å². The van der Waals surface area contributed by atoms with Crippen LogP contribution in [-0.4, -0.2) is 18.1 Å². The van der Waals surface area contributed by atoms with E-state index in [9.17, 15) is 0 Å². The topological polar surface area (TPSA) is 24.9 Å². The zero-order valence-electron chi connectivity index (χ0n) is 9.29. The molecular weight excluding hydrogens is 192 g/mol. The van der Waals surface area contributed by atoms with E-state index in [0.29, 0.717) is 6.04 Å². The minimum absolute atomic E-state index is 0.638. The van der Waals surface area contributed by atoms with Crippen LogP contribution in [0.1, 0.15) is 31.7 Å². The Morgan fingerprint density at radius 1 is 1.50 bits per heavy atom. The van der Waals surface area contributed by atoms with Gasteiger partial charge in [-0.3, -0.25) is 0 Å². The highest BCUT2D eigenvalue weighted by Crippen LogP contribution is 2.12. The van der Waals surface area contributed by atoms with Gasteiger partial charge >= 0.3 is 0 Å². The lowest BCUT2D eigenvalue weighted by Crippen LogP contribution is -2.27. The summed E-state index contributed by atoms with van der Waals surface area (Å²) in [7, 11) is 2.05. The van der Waals surface area contributed by atoms with Gasteiger partial charge in [-0.1, -0.05) is 13.8 Å². The van der Waals surface area contributed by atoms with E-state index in [-0.39, 0.29) is 0 Å². The lowest BCUT2D eigenvalue weighted by molar-refractivity contribution is 0.421. The van der Waals surface area contributed by atoms with Gasteiger partial charge in [0.1, 0.15) is 0 Å². The van der Waals surface area contributed by atoms with Crippen molar-refractivity contribution >= 4 is 11.3 Å². The SMILES string of the molecule is CNC(CCc1nccs1)CC(C)C. The highest BCUT2D eigenvalue weighted by Gasteiger charge is 2.09. The molecule has 2 nitrogen and oxygen atoms in total. The highest BCUT2D eigenvalue weighted by atomic mass is 32.1. The summed E-state index contributed by atoms with van der Waals surface area (Å²) in [4.78, 5) is 4.29. The van der Waals surface area contributed by atoms with Crippen molar-refractivity contribution in [3.63, 3.8) is 0 Å². The Balaban J connectivity index is 2.27. The lowest BCUT2D eigenvalue weighted by Gasteiger charge is -2.17. The standard InChI is InChI=1S/C11H20N2S/c1-9(2)8-10(12-3)4-5-11-13-6-7-14-11/h6-7,9-10,12H,4-5,8H2,1-3H3. The first-order chi connectivity index (χ1) is 6.72. The summed E-state index contributed by atoms with van der Waals surface area (Å²) in [5.74, 6) is 0.767. The predicted molar refractivity (Wildman–Crippen MR) is 62.7 cm³/mol. The fraction of sp³-hybridized carbons (Fsp3) is 0.727. The van der Waals surface area contributed by atoms with Crippen LogP contribution in [0.4, 0.5) is 0 Å². The van der Waals surface area contributed by atoms with Crippen molar-refractivity contribution in [3.05, 3.63) is 16.6 Å². The number of thiazole rings is 1. The second-order valence-corrected chi connectivity index (χ2v) is 5.06. The summed E-state index contributed by atoms with van der Waals surface area (Å²) in [6.45, 7) is 4.54. The molecule has 1 aromatic rings. The van der Waals surface area contributed by atoms with Gasteiger partial charge in [-0.05, 0) is 25.8 Å². The summed E-state index contributed by atoms with van der Waals surface area (Å²) in [6, 6.07) is 0.638. The molecule has 0 aliphatic rings. The Morgan fingerprint density at radius 3 is 2.79 bits per heavy atom. The quantitative estimate of drug-likeness (QED) is 0.784. The first kappa shape index (κ1) is 11.7. The first-order valence-corrected chi connectivity index (χ1v) is 6.16. The predicted octanol–water partition coefficient (Wildman–Crippen LogP) is 2.71. The molecule has 1 rings (SSSR count). The lowest BCUT2D eigenvalue weighted by atomic mass is 10.0. The number of aryl methyl sites for hydroxylation is 1. The molecule has 1 unspecified atom stereocenters. The van der Waals surface area contributed by atoms with Crippen LogP contribution >= 0.6 is 11.3 Å². The maximum atomic E-state index is 4.29. The van der Waals surface area contributed by atoms with Crippen molar-refractivity contribution in [1.82, 2.24) is 10.3 Å². The van der Waals surface area contributed by atoms with Crippen molar-refractivity contribution in [3.8, 4) is 0 Å². The molecule has 0 bridgehead atoms. The smallest absolute Gasteiger partial charge is 0.0925 e. The third-order valence-corrected chi connectivity index (χ3v) is 3.19. The molecule has 1 N–H and O–H groups in total. The molecule has 0 aliphatic heterocycles. The monoisotopic (exact) mass is 212 g/mol. The number of hydrogen-bond acceptors (Lipinski definition) is 3. The Hall–Kier alpha value is -0.410. The summed E-state index contributed by atoms with van der Waals surface area (Å²) in [6.07, 6.45) is 5.44. The Bertz CT molecular complexity index is 231. The second kappa shape index (κ2) is 6.14. The van der Waals surface area contributed by atoms with E-state index in [4.69, 9.17) is 0 Å².